The minimum absolute atomic E-state index is 0.0245. The molecule has 9 nitrogen and oxygen atoms in total. The Morgan fingerprint density at radius 1 is 0.846 bits per heavy atom. The van der Waals surface area contributed by atoms with Gasteiger partial charge >= 0.3 is 5.69 Å². The molecule has 202 valence electrons. The Bertz CT molecular complexity index is 1570. The van der Waals surface area contributed by atoms with Crippen molar-refractivity contribution in [1.29, 1.82) is 0 Å². The molecule has 39 heavy (non-hydrogen) atoms. The van der Waals surface area contributed by atoms with E-state index in [0.717, 1.165) is 28.9 Å². The van der Waals surface area contributed by atoms with Crippen LogP contribution >= 0.6 is 0 Å². The molecule has 3 aromatic carbocycles. The maximum Gasteiger partial charge on any atom is 0.329 e. The van der Waals surface area contributed by atoms with E-state index in [-0.39, 0.29) is 12.5 Å². The first-order valence-corrected chi connectivity index (χ1v) is 13.2. The second-order valence-electron chi connectivity index (χ2n) is 9.34. The first-order valence-electron chi connectivity index (χ1n) is 13.2. The van der Waals surface area contributed by atoms with Crippen molar-refractivity contribution in [1.82, 2.24) is 14.5 Å². The lowest BCUT2D eigenvalue weighted by atomic mass is 10.1. The van der Waals surface area contributed by atoms with E-state index in [0.29, 0.717) is 54.3 Å². The summed E-state index contributed by atoms with van der Waals surface area (Å²) < 4.78 is 12.4. The highest BCUT2D eigenvalue weighted by Crippen LogP contribution is 2.30. The monoisotopic (exact) mass is 528 g/mol. The van der Waals surface area contributed by atoms with Gasteiger partial charge < -0.3 is 24.3 Å². The first-order chi connectivity index (χ1) is 19.0. The Hall–Kier alpha value is -4.53. The van der Waals surface area contributed by atoms with Gasteiger partial charge in [-0.1, -0.05) is 30.3 Å². The predicted molar refractivity (Wildman–Crippen MR) is 151 cm³/mol. The van der Waals surface area contributed by atoms with Crippen molar-refractivity contribution in [2.45, 2.75) is 20.4 Å². The molecule has 0 radical (unpaired) electrons. The van der Waals surface area contributed by atoms with Crippen molar-refractivity contribution in [3.63, 3.8) is 0 Å². The summed E-state index contributed by atoms with van der Waals surface area (Å²) in [6, 6.07) is 20.5. The standard InChI is InChI=1S/C30H32N4O5/c1-3-38-26-18-24-25(19-27(26)39-4-2)31-30(37)34(29(24)36)20-21-10-12-22(13-11-21)28(35)33-16-14-32(15-17-33)23-8-6-5-7-9-23/h5-13,18-19H,3-4,14-17,20H2,1-2H3,(H,31,37). The number of aromatic amines is 1. The van der Waals surface area contributed by atoms with Gasteiger partial charge in [-0.15, -0.1) is 0 Å². The lowest BCUT2D eigenvalue weighted by Gasteiger charge is -2.36. The molecule has 1 saturated heterocycles. The van der Waals surface area contributed by atoms with E-state index < -0.39 is 11.2 Å². The third-order valence-electron chi connectivity index (χ3n) is 6.88. The first kappa shape index (κ1) is 26.1. The van der Waals surface area contributed by atoms with Gasteiger partial charge in [0.05, 0.1) is 30.7 Å². The van der Waals surface area contributed by atoms with E-state index in [4.69, 9.17) is 9.47 Å². The van der Waals surface area contributed by atoms with Crippen molar-refractivity contribution in [2.24, 2.45) is 0 Å². The molecule has 4 aromatic rings. The molecule has 1 N–H and O–H groups in total. The summed E-state index contributed by atoms with van der Waals surface area (Å²) >= 11 is 0. The van der Waals surface area contributed by atoms with Crippen molar-refractivity contribution in [3.8, 4) is 11.5 Å². The Morgan fingerprint density at radius 2 is 1.49 bits per heavy atom. The largest absolute Gasteiger partial charge is 0.490 e. The summed E-state index contributed by atoms with van der Waals surface area (Å²) in [6.45, 7) is 7.46. The van der Waals surface area contributed by atoms with Crippen LogP contribution in [0.25, 0.3) is 10.9 Å². The van der Waals surface area contributed by atoms with Crippen LogP contribution in [-0.2, 0) is 6.54 Å². The molecule has 5 rings (SSSR count). The SMILES string of the molecule is CCOc1cc2[nH]c(=O)n(Cc3ccc(C(=O)N4CCN(c5ccccc5)CC4)cc3)c(=O)c2cc1OCC. The summed E-state index contributed by atoms with van der Waals surface area (Å²) in [7, 11) is 0. The number of benzene rings is 3. The topological polar surface area (TPSA) is 96.9 Å². The minimum atomic E-state index is -0.518. The summed E-state index contributed by atoms with van der Waals surface area (Å²) in [6.07, 6.45) is 0. The van der Waals surface area contributed by atoms with E-state index in [2.05, 4.69) is 22.0 Å². The van der Waals surface area contributed by atoms with Crippen LogP contribution in [0, 0.1) is 0 Å². The van der Waals surface area contributed by atoms with Gasteiger partial charge in [0.2, 0.25) is 0 Å². The molecule has 1 aliphatic heterocycles. The highest BCUT2D eigenvalue weighted by Gasteiger charge is 2.22. The second kappa shape index (κ2) is 11.5. The number of amides is 1. The Kier molecular flexibility index (Phi) is 7.67. The van der Waals surface area contributed by atoms with Crippen LogP contribution in [-0.4, -0.2) is 59.8 Å². The van der Waals surface area contributed by atoms with Crippen LogP contribution in [0.2, 0.25) is 0 Å². The van der Waals surface area contributed by atoms with Gasteiger partial charge in [-0.05, 0) is 49.7 Å². The van der Waals surface area contributed by atoms with Crippen LogP contribution in [0.5, 0.6) is 11.5 Å². The van der Waals surface area contributed by atoms with Gasteiger partial charge in [0.1, 0.15) is 0 Å². The molecular weight excluding hydrogens is 496 g/mol. The van der Waals surface area contributed by atoms with Crippen molar-refractivity contribution in [2.75, 3.05) is 44.3 Å². The highest BCUT2D eigenvalue weighted by atomic mass is 16.5. The summed E-state index contributed by atoms with van der Waals surface area (Å²) in [5.41, 5.74) is 1.93. The zero-order valence-electron chi connectivity index (χ0n) is 22.2. The number of ether oxygens (including phenoxy) is 2. The van der Waals surface area contributed by atoms with E-state index in [1.165, 1.54) is 0 Å². The summed E-state index contributed by atoms with van der Waals surface area (Å²) in [5.74, 6) is 0.903. The number of anilines is 1. The zero-order valence-corrected chi connectivity index (χ0v) is 22.2. The lowest BCUT2D eigenvalue weighted by Crippen LogP contribution is -2.48. The fraction of sp³-hybridized carbons (Fsp3) is 0.300. The third kappa shape index (κ3) is 5.52. The summed E-state index contributed by atoms with van der Waals surface area (Å²) in [5, 5.41) is 0.336. The number of carbonyl (C=O) groups is 1. The minimum Gasteiger partial charge on any atom is -0.490 e. The zero-order chi connectivity index (χ0) is 27.4. The number of fused-ring (bicyclic) bond motifs is 1. The number of hydrogen-bond donors (Lipinski definition) is 1. The molecular formula is C30H32N4O5. The van der Waals surface area contributed by atoms with E-state index >= 15 is 0 Å². The van der Waals surface area contributed by atoms with E-state index in [1.54, 1.807) is 36.4 Å². The number of aromatic nitrogens is 2. The number of piperazine rings is 1. The number of nitrogens with one attached hydrogen (secondary N) is 1. The average molecular weight is 529 g/mol. The molecule has 0 unspecified atom stereocenters. The molecule has 1 aromatic heterocycles. The Balaban J connectivity index is 1.31. The van der Waals surface area contributed by atoms with Crippen molar-refractivity contribution in [3.05, 3.63) is 98.7 Å². The van der Waals surface area contributed by atoms with Gasteiger partial charge in [-0.3, -0.25) is 14.2 Å². The van der Waals surface area contributed by atoms with Crippen molar-refractivity contribution < 1.29 is 14.3 Å². The number of nitrogens with zero attached hydrogens (tertiary/aromatic N) is 3. The van der Waals surface area contributed by atoms with Crippen LogP contribution in [0.3, 0.4) is 0 Å². The second-order valence-corrected chi connectivity index (χ2v) is 9.34. The Labute approximate surface area is 226 Å². The molecule has 1 aliphatic rings. The smallest absolute Gasteiger partial charge is 0.329 e. The molecule has 0 aliphatic carbocycles. The molecule has 1 amide bonds. The maximum absolute atomic E-state index is 13.3. The average Bonchev–Trinajstić information content (AvgIpc) is 2.97. The number of H-pyrrole nitrogens is 1. The van der Waals surface area contributed by atoms with E-state index in [1.807, 2.05) is 36.9 Å². The normalized spacial score (nSPS) is 13.5. The quantitative estimate of drug-likeness (QED) is 0.376. The van der Waals surface area contributed by atoms with E-state index in [9.17, 15) is 14.4 Å². The van der Waals surface area contributed by atoms with Gasteiger partial charge in [-0.2, -0.15) is 0 Å². The fourth-order valence-electron chi connectivity index (χ4n) is 4.87. The van der Waals surface area contributed by atoms with Crippen molar-refractivity contribution >= 4 is 22.5 Å². The maximum atomic E-state index is 13.3. The molecule has 0 saturated carbocycles. The van der Waals surface area contributed by atoms with Gasteiger partial charge in [0, 0.05) is 43.5 Å². The van der Waals surface area contributed by atoms with Crippen LogP contribution in [0.4, 0.5) is 5.69 Å². The van der Waals surface area contributed by atoms with Crippen LogP contribution in [0.15, 0.2) is 76.3 Å². The molecule has 0 spiro atoms. The lowest BCUT2D eigenvalue weighted by molar-refractivity contribution is 0.0746. The summed E-state index contributed by atoms with van der Waals surface area (Å²) in [4.78, 5) is 46.1. The van der Waals surface area contributed by atoms with Gasteiger partial charge in [0.15, 0.2) is 11.5 Å². The van der Waals surface area contributed by atoms with Crippen LogP contribution < -0.4 is 25.6 Å². The Morgan fingerprint density at radius 3 is 2.13 bits per heavy atom. The third-order valence-corrected chi connectivity index (χ3v) is 6.88. The number of carbonyl (C=O) groups excluding carboxylic acids is 1. The number of hydrogen-bond acceptors (Lipinski definition) is 6. The molecule has 1 fully saturated rings. The van der Waals surface area contributed by atoms with Crippen LogP contribution in [0.1, 0.15) is 29.8 Å². The van der Waals surface area contributed by atoms with Gasteiger partial charge in [0.25, 0.3) is 11.5 Å². The number of rotatable bonds is 8. The molecule has 9 heteroatoms. The molecule has 2 heterocycles. The molecule has 0 atom stereocenters. The number of para-hydroxylation sites is 1. The van der Waals surface area contributed by atoms with Gasteiger partial charge in [-0.25, -0.2) is 4.79 Å². The molecule has 0 bridgehead atoms. The highest BCUT2D eigenvalue weighted by molar-refractivity contribution is 5.94. The predicted octanol–water partition coefficient (Wildman–Crippen LogP) is 3.50. The fourth-order valence-corrected chi connectivity index (χ4v) is 4.87.